The van der Waals surface area contributed by atoms with Crippen LogP contribution in [-0.4, -0.2) is 35.0 Å². The third kappa shape index (κ3) is 3.63. The molecule has 0 spiro atoms. The molecular weight excluding hydrogens is 381 g/mol. The highest BCUT2D eigenvalue weighted by atomic mass is 35.5. The van der Waals surface area contributed by atoms with Crippen LogP contribution in [0.25, 0.3) is 0 Å². The molecule has 3 atom stereocenters. The van der Waals surface area contributed by atoms with E-state index in [9.17, 15) is 18.0 Å². The van der Waals surface area contributed by atoms with Crippen LogP contribution in [0.3, 0.4) is 0 Å². The smallest absolute Gasteiger partial charge is 0.356 e. The lowest BCUT2D eigenvalue weighted by Crippen LogP contribution is -2.40. The number of nitrogens with zero attached hydrogens (tertiary/aromatic N) is 2. The lowest BCUT2D eigenvalue weighted by molar-refractivity contribution is -0.141. The number of rotatable bonds is 3. The first kappa shape index (κ1) is 18.2. The quantitative estimate of drug-likeness (QED) is 0.828. The van der Waals surface area contributed by atoms with Gasteiger partial charge in [-0.05, 0) is 37.0 Å². The van der Waals surface area contributed by atoms with Gasteiger partial charge in [-0.3, -0.25) is 4.79 Å². The van der Waals surface area contributed by atoms with Crippen molar-refractivity contribution in [1.82, 2.24) is 15.3 Å². The standard InChI is InChI=1S/C18H18ClF3N4O/c19-11-6-14(23-7-11)17(27)24-13-5-4-10-8-26(9-12(10)13)16-3-1-2-15(25-16)18(20,21)22/h1-3,6-7,10,12-13,23H,4-5,8-9H2,(H,24,27)/t10-,12+,13+/m1/s1. The number of alkyl halides is 3. The van der Waals surface area contributed by atoms with E-state index in [1.54, 1.807) is 18.3 Å². The topological polar surface area (TPSA) is 61.0 Å². The molecule has 2 aliphatic rings. The molecule has 144 valence electrons. The molecule has 2 aromatic heterocycles. The minimum atomic E-state index is -4.46. The highest BCUT2D eigenvalue weighted by Crippen LogP contribution is 2.40. The summed E-state index contributed by atoms with van der Waals surface area (Å²) in [6.07, 6.45) is -1.13. The summed E-state index contributed by atoms with van der Waals surface area (Å²) in [7, 11) is 0. The maximum Gasteiger partial charge on any atom is 0.433 e. The van der Waals surface area contributed by atoms with E-state index in [1.165, 1.54) is 6.07 Å². The van der Waals surface area contributed by atoms with Crippen LogP contribution < -0.4 is 10.2 Å². The Balaban J connectivity index is 1.45. The van der Waals surface area contributed by atoms with Gasteiger partial charge in [0.2, 0.25) is 0 Å². The van der Waals surface area contributed by atoms with Crippen LogP contribution in [0.1, 0.15) is 29.0 Å². The fourth-order valence-electron chi connectivity index (χ4n) is 4.13. The molecule has 1 saturated heterocycles. The van der Waals surface area contributed by atoms with Gasteiger partial charge in [-0.25, -0.2) is 4.98 Å². The summed E-state index contributed by atoms with van der Waals surface area (Å²) < 4.78 is 38.7. The van der Waals surface area contributed by atoms with E-state index < -0.39 is 11.9 Å². The average Bonchev–Trinajstić information content (AvgIpc) is 3.31. The van der Waals surface area contributed by atoms with Crippen LogP contribution in [0.2, 0.25) is 5.02 Å². The number of hydrogen-bond acceptors (Lipinski definition) is 3. The Labute approximate surface area is 158 Å². The van der Waals surface area contributed by atoms with Gasteiger partial charge in [-0.1, -0.05) is 17.7 Å². The summed E-state index contributed by atoms with van der Waals surface area (Å²) in [6.45, 7) is 1.23. The first-order valence-electron chi connectivity index (χ1n) is 8.75. The molecule has 0 bridgehead atoms. The molecule has 5 nitrogen and oxygen atoms in total. The van der Waals surface area contributed by atoms with Crippen molar-refractivity contribution in [1.29, 1.82) is 0 Å². The molecule has 2 aromatic rings. The Kier molecular flexibility index (Phi) is 4.53. The SMILES string of the molecule is O=C(N[C@H]1CC[C@@H]2CN(c3cccc(C(F)(F)F)n3)C[C@@H]21)c1cc(Cl)c[nH]1. The largest absolute Gasteiger partial charge is 0.433 e. The fourth-order valence-corrected chi connectivity index (χ4v) is 4.30. The fraction of sp³-hybridized carbons (Fsp3) is 0.444. The van der Waals surface area contributed by atoms with E-state index in [0.717, 1.165) is 18.9 Å². The van der Waals surface area contributed by atoms with Crippen LogP contribution in [0, 0.1) is 11.8 Å². The maximum atomic E-state index is 12.9. The van der Waals surface area contributed by atoms with Crippen LogP contribution in [-0.2, 0) is 6.18 Å². The van der Waals surface area contributed by atoms with E-state index >= 15 is 0 Å². The number of halogens is 4. The minimum Gasteiger partial charge on any atom is -0.356 e. The Morgan fingerprint density at radius 2 is 2.11 bits per heavy atom. The number of amides is 1. The molecule has 1 amide bonds. The predicted octanol–water partition coefficient (Wildman–Crippen LogP) is 3.73. The van der Waals surface area contributed by atoms with Crippen molar-refractivity contribution in [2.24, 2.45) is 11.8 Å². The first-order chi connectivity index (χ1) is 12.8. The molecule has 2 N–H and O–H groups in total. The highest BCUT2D eigenvalue weighted by Gasteiger charge is 2.44. The molecule has 0 aromatic carbocycles. The van der Waals surface area contributed by atoms with Crippen molar-refractivity contribution in [2.75, 3.05) is 18.0 Å². The number of hydrogen-bond donors (Lipinski definition) is 2. The number of aromatic amines is 1. The van der Waals surface area contributed by atoms with Gasteiger partial charge < -0.3 is 15.2 Å². The van der Waals surface area contributed by atoms with Crippen LogP contribution >= 0.6 is 11.6 Å². The summed E-state index contributed by atoms with van der Waals surface area (Å²) in [6, 6.07) is 5.51. The predicted molar refractivity (Wildman–Crippen MR) is 94.7 cm³/mol. The zero-order valence-electron chi connectivity index (χ0n) is 14.3. The average molecular weight is 399 g/mol. The Morgan fingerprint density at radius 3 is 2.81 bits per heavy atom. The van der Waals surface area contributed by atoms with E-state index in [-0.39, 0.29) is 17.9 Å². The summed E-state index contributed by atoms with van der Waals surface area (Å²) in [5.74, 6) is 0.637. The third-order valence-corrected chi connectivity index (χ3v) is 5.63. The minimum absolute atomic E-state index is 0.0135. The van der Waals surface area contributed by atoms with Gasteiger partial charge in [0, 0.05) is 31.2 Å². The van der Waals surface area contributed by atoms with Crippen molar-refractivity contribution in [3.8, 4) is 0 Å². The molecular formula is C18H18ClF3N4O. The number of aromatic nitrogens is 2. The Hall–Kier alpha value is -2.22. The number of anilines is 1. The lowest BCUT2D eigenvalue weighted by Gasteiger charge is -2.22. The van der Waals surface area contributed by atoms with Crippen molar-refractivity contribution in [3.05, 3.63) is 46.9 Å². The zero-order valence-corrected chi connectivity index (χ0v) is 15.0. The number of pyridine rings is 1. The summed E-state index contributed by atoms with van der Waals surface area (Å²) in [4.78, 5) is 20.8. The van der Waals surface area contributed by atoms with E-state index in [2.05, 4.69) is 15.3 Å². The number of H-pyrrole nitrogens is 1. The molecule has 9 heteroatoms. The van der Waals surface area contributed by atoms with Crippen molar-refractivity contribution in [3.63, 3.8) is 0 Å². The second-order valence-electron chi connectivity index (χ2n) is 7.10. The van der Waals surface area contributed by atoms with Gasteiger partial charge in [0.05, 0.1) is 5.02 Å². The van der Waals surface area contributed by atoms with Crippen molar-refractivity contribution < 1.29 is 18.0 Å². The normalized spacial score (nSPS) is 24.9. The monoisotopic (exact) mass is 398 g/mol. The molecule has 1 saturated carbocycles. The number of fused-ring (bicyclic) bond motifs is 1. The second-order valence-corrected chi connectivity index (χ2v) is 7.53. The first-order valence-corrected chi connectivity index (χ1v) is 9.13. The van der Waals surface area contributed by atoms with Gasteiger partial charge in [0.1, 0.15) is 17.2 Å². The van der Waals surface area contributed by atoms with Gasteiger partial charge in [0.25, 0.3) is 5.91 Å². The van der Waals surface area contributed by atoms with Gasteiger partial charge in [-0.15, -0.1) is 0 Å². The van der Waals surface area contributed by atoms with Crippen molar-refractivity contribution in [2.45, 2.75) is 25.1 Å². The molecule has 4 rings (SSSR count). The summed E-state index contributed by atoms with van der Waals surface area (Å²) >= 11 is 5.84. The van der Waals surface area contributed by atoms with Crippen molar-refractivity contribution >= 4 is 23.3 Å². The third-order valence-electron chi connectivity index (χ3n) is 5.41. The number of carbonyl (C=O) groups excluding carboxylic acids is 1. The molecule has 1 aliphatic heterocycles. The van der Waals surface area contributed by atoms with E-state index in [1.807, 2.05) is 4.90 Å². The number of nitrogens with one attached hydrogen (secondary N) is 2. The van der Waals surface area contributed by atoms with E-state index in [0.29, 0.717) is 35.5 Å². The Morgan fingerprint density at radius 1 is 1.30 bits per heavy atom. The molecule has 1 aliphatic carbocycles. The van der Waals surface area contributed by atoms with Crippen LogP contribution in [0.4, 0.5) is 19.0 Å². The lowest BCUT2D eigenvalue weighted by atomic mass is 9.98. The Bertz CT molecular complexity index is 853. The molecule has 0 radical (unpaired) electrons. The van der Waals surface area contributed by atoms with Gasteiger partial charge in [-0.2, -0.15) is 13.2 Å². The molecule has 3 heterocycles. The van der Waals surface area contributed by atoms with Crippen LogP contribution in [0.15, 0.2) is 30.5 Å². The molecule has 27 heavy (non-hydrogen) atoms. The van der Waals surface area contributed by atoms with Crippen LogP contribution in [0.5, 0.6) is 0 Å². The second kappa shape index (κ2) is 6.74. The molecule has 0 unspecified atom stereocenters. The zero-order chi connectivity index (χ0) is 19.2. The van der Waals surface area contributed by atoms with Gasteiger partial charge >= 0.3 is 6.18 Å². The van der Waals surface area contributed by atoms with E-state index in [4.69, 9.17) is 11.6 Å². The highest BCUT2D eigenvalue weighted by molar-refractivity contribution is 6.30. The number of carbonyl (C=O) groups is 1. The maximum absolute atomic E-state index is 12.9. The summed E-state index contributed by atoms with van der Waals surface area (Å²) in [5, 5.41) is 3.50. The molecule has 2 fully saturated rings. The van der Waals surface area contributed by atoms with Gasteiger partial charge in [0.15, 0.2) is 0 Å². The summed E-state index contributed by atoms with van der Waals surface area (Å²) in [5.41, 5.74) is -0.483.